The number of carboxylic acids is 1. The first-order valence-electron chi connectivity index (χ1n) is 7.98. The highest BCUT2D eigenvalue weighted by Crippen LogP contribution is 2.23. The van der Waals surface area contributed by atoms with E-state index in [1.165, 1.54) is 0 Å². The zero-order valence-electron chi connectivity index (χ0n) is 12.7. The second-order valence-corrected chi connectivity index (χ2v) is 6.16. The lowest BCUT2D eigenvalue weighted by Gasteiger charge is -2.36. The van der Waals surface area contributed by atoms with E-state index < -0.39 is 5.97 Å². The lowest BCUT2D eigenvalue weighted by atomic mass is 10.0. The molecule has 3 rings (SSSR count). The SMILES string of the molecule is O=C(O)c1ccccc1CN1CCC(N2CCCC2=O)CC1. The number of aromatic carboxylic acids is 1. The van der Waals surface area contributed by atoms with Crippen LogP contribution in [0, 0.1) is 0 Å². The zero-order chi connectivity index (χ0) is 15.5. The Morgan fingerprint density at radius 3 is 2.55 bits per heavy atom. The molecule has 0 aliphatic carbocycles. The number of benzene rings is 1. The van der Waals surface area contributed by atoms with Crippen molar-refractivity contribution in [3.63, 3.8) is 0 Å². The van der Waals surface area contributed by atoms with Crippen LogP contribution in [0.2, 0.25) is 0 Å². The first-order valence-corrected chi connectivity index (χ1v) is 7.98. The number of amides is 1. The van der Waals surface area contributed by atoms with Crippen LogP contribution in [0.3, 0.4) is 0 Å². The number of hydrogen-bond acceptors (Lipinski definition) is 3. The zero-order valence-corrected chi connectivity index (χ0v) is 12.7. The van der Waals surface area contributed by atoms with Crippen molar-refractivity contribution < 1.29 is 14.7 Å². The molecule has 0 saturated carbocycles. The smallest absolute Gasteiger partial charge is 0.336 e. The van der Waals surface area contributed by atoms with Crippen molar-refractivity contribution in [1.82, 2.24) is 9.80 Å². The Labute approximate surface area is 130 Å². The van der Waals surface area contributed by atoms with Gasteiger partial charge in [0.2, 0.25) is 5.91 Å². The van der Waals surface area contributed by atoms with Gasteiger partial charge in [0, 0.05) is 38.6 Å². The Hall–Kier alpha value is -1.88. The van der Waals surface area contributed by atoms with Crippen LogP contribution in [0.25, 0.3) is 0 Å². The highest BCUT2D eigenvalue weighted by Gasteiger charge is 2.30. The molecule has 2 saturated heterocycles. The third kappa shape index (κ3) is 3.14. The molecule has 1 aromatic carbocycles. The molecule has 118 valence electrons. The standard InChI is InChI=1S/C17H22N2O3/c20-16-6-3-9-19(16)14-7-10-18(11-8-14)12-13-4-1-2-5-15(13)17(21)22/h1-2,4-5,14H,3,6-12H2,(H,21,22). The maximum atomic E-state index is 11.8. The van der Waals surface area contributed by atoms with E-state index in [1.807, 2.05) is 17.0 Å². The second-order valence-electron chi connectivity index (χ2n) is 6.16. The number of carbonyl (C=O) groups is 2. The number of carboxylic acid groups (broad SMARTS) is 1. The van der Waals surface area contributed by atoms with Gasteiger partial charge in [0.05, 0.1) is 5.56 Å². The highest BCUT2D eigenvalue weighted by molar-refractivity contribution is 5.89. The molecule has 1 aromatic rings. The summed E-state index contributed by atoms with van der Waals surface area (Å²) in [5.74, 6) is -0.567. The van der Waals surface area contributed by atoms with Crippen LogP contribution >= 0.6 is 0 Å². The minimum atomic E-state index is -0.867. The molecule has 0 aromatic heterocycles. The Bertz CT molecular complexity index is 565. The molecule has 5 nitrogen and oxygen atoms in total. The maximum absolute atomic E-state index is 11.8. The molecule has 0 spiro atoms. The first kappa shape index (κ1) is 15.0. The van der Waals surface area contributed by atoms with Crippen LogP contribution in [0.1, 0.15) is 41.6 Å². The van der Waals surface area contributed by atoms with E-state index >= 15 is 0 Å². The van der Waals surface area contributed by atoms with Crippen LogP contribution in [0.5, 0.6) is 0 Å². The summed E-state index contributed by atoms with van der Waals surface area (Å²) in [5, 5.41) is 9.25. The number of piperidine rings is 1. The average Bonchev–Trinajstić information content (AvgIpc) is 2.94. The molecule has 0 unspecified atom stereocenters. The normalized spacial score (nSPS) is 20.5. The lowest BCUT2D eigenvalue weighted by molar-refractivity contribution is -0.130. The monoisotopic (exact) mass is 302 g/mol. The minimum absolute atomic E-state index is 0.301. The Morgan fingerprint density at radius 2 is 1.91 bits per heavy atom. The van der Waals surface area contributed by atoms with Crippen molar-refractivity contribution in [2.45, 2.75) is 38.3 Å². The fourth-order valence-electron chi connectivity index (χ4n) is 3.55. The summed E-state index contributed by atoms with van der Waals surface area (Å²) >= 11 is 0. The summed E-state index contributed by atoms with van der Waals surface area (Å²) in [4.78, 5) is 27.4. The van der Waals surface area contributed by atoms with Crippen molar-refractivity contribution in [1.29, 1.82) is 0 Å². The van der Waals surface area contributed by atoms with Crippen LogP contribution in [0.4, 0.5) is 0 Å². The molecule has 2 heterocycles. The minimum Gasteiger partial charge on any atom is -0.478 e. The van der Waals surface area contributed by atoms with E-state index in [0.717, 1.165) is 44.5 Å². The predicted molar refractivity (Wildman–Crippen MR) is 82.6 cm³/mol. The van der Waals surface area contributed by atoms with E-state index in [4.69, 9.17) is 0 Å². The summed E-state index contributed by atoms with van der Waals surface area (Å²) in [6.45, 7) is 3.42. The number of likely N-dealkylation sites (tertiary alicyclic amines) is 2. The van der Waals surface area contributed by atoms with Crippen LogP contribution < -0.4 is 0 Å². The molecule has 0 atom stereocenters. The molecular weight excluding hydrogens is 280 g/mol. The summed E-state index contributed by atoms with van der Waals surface area (Å²) in [7, 11) is 0. The van der Waals surface area contributed by atoms with Gasteiger partial charge in [-0.2, -0.15) is 0 Å². The third-order valence-electron chi connectivity index (χ3n) is 4.75. The van der Waals surface area contributed by atoms with Gasteiger partial charge in [0.25, 0.3) is 0 Å². The Balaban J connectivity index is 1.58. The number of hydrogen-bond donors (Lipinski definition) is 1. The summed E-state index contributed by atoms with van der Waals surface area (Å²) in [6, 6.07) is 7.57. The molecule has 1 amide bonds. The number of carbonyl (C=O) groups excluding carboxylic acids is 1. The molecule has 0 radical (unpaired) electrons. The third-order valence-corrected chi connectivity index (χ3v) is 4.75. The van der Waals surface area contributed by atoms with Crippen LogP contribution in [0.15, 0.2) is 24.3 Å². The Kier molecular flexibility index (Phi) is 4.43. The highest BCUT2D eigenvalue weighted by atomic mass is 16.4. The largest absolute Gasteiger partial charge is 0.478 e. The van der Waals surface area contributed by atoms with E-state index in [-0.39, 0.29) is 0 Å². The van der Waals surface area contributed by atoms with Gasteiger partial charge in [-0.1, -0.05) is 18.2 Å². The number of rotatable bonds is 4. The summed E-state index contributed by atoms with van der Waals surface area (Å²) < 4.78 is 0. The van der Waals surface area contributed by atoms with E-state index in [1.54, 1.807) is 12.1 Å². The van der Waals surface area contributed by atoms with E-state index in [2.05, 4.69) is 4.90 Å². The van der Waals surface area contributed by atoms with Gasteiger partial charge in [-0.15, -0.1) is 0 Å². The van der Waals surface area contributed by atoms with Gasteiger partial charge in [-0.25, -0.2) is 4.79 Å². The molecule has 22 heavy (non-hydrogen) atoms. The topological polar surface area (TPSA) is 60.9 Å². The fraction of sp³-hybridized carbons (Fsp3) is 0.529. The van der Waals surface area contributed by atoms with Crippen molar-refractivity contribution in [3.05, 3.63) is 35.4 Å². The number of nitrogens with zero attached hydrogens (tertiary/aromatic N) is 2. The van der Waals surface area contributed by atoms with Crippen molar-refractivity contribution in [2.75, 3.05) is 19.6 Å². The Morgan fingerprint density at radius 1 is 1.18 bits per heavy atom. The lowest BCUT2D eigenvalue weighted by Crippen LogP contribution is -2.45. The van der Waals surface area contributed by atoms with Crippen LogP contribution in [-0.4, -0.2) is 52.5 Å². The molecule has 2 fully saturated rings. The van der Waals surface area contributed by atoms with Crippen LogP contribution in [-0.2, 0) is 11.3 Å². The predicted octanol–water partition coefficient (Wildman–Crippen LogP) is 1.97. The quantitative estimate of drug-likeness (QED) is 0.924. The molecule has 2 aliphatic heterocycles. The first-order chi connectivity index (χ1) is 10.6. The van der Waals surface area contributed by atoms with Gasteiger partial charge in [-0.3, -0.25) is 9.69 Å². The fourth-order valence-corrected chi connectivity index (χ4v) is 3.55. The van der Waals surface area contributed by atoms with Gasteiger partial charge >= 0.3 is 5.97 Å². The molecular formula is C17H22N2O3. The summed E-state index contributed by atoms with van der Waals surface area (Å²) in [5.41, 5.74) is 1.25. The average molecular weight is 302 g/mol. The van der Waals surface area contributed by atoms with Gasteiger partial charge < -0.3 is 10.0 Å². The van der Waals surface area contributed by atoms with Crippen molar-refractivity contribution in [3.8, 4) is 0 Å². The molecule has 2 aliphatic rings. The molecule has 0 bridgehead atoms. The molecule has 1 N–H and O–H groups in total. The second kappa shape index (κ2) is 6.48. The van der Waals surface area contributed by atoms with Crippen molar-refractivity contribution >= 4 is 11.9 Å². The van der Waals surface area contributed by atoms with Gasteiger partial charge in [0.15, 0.2) is 0 Å². The maximum Gasteiger partial charge on any atom is 0.336 e. The van der Waals surface area contributed by atoms with E-state index in [9.17, 15) is 14.7 Å². The van der Waals surface area contributed by atoms with E-state index in [0.29, 0.717) is 30.5 Å². The molecule has 5 heteroatoms. The van der Waals surface area contributed by atoms with Gasteiger partial charge in [-0.05, 0) is 30.9 Å². The summed E-state index contributed by atoms with van der Waals surface area (Å²) in [6.07, 6.45) is 3.67. The van der Waals surface area contributed by atoms with Gasteiger partial charge in [0.1, 0.15) is 0 Å². The van der Waals surface area contributed by atoms with Crippen molar-refractivity contribution in [2.24, 2.45) is 0 Å².